The highest BCUT2D eigenvalue weighted by molar-refractivity contribution is 5.79. The van der Waals surface area contributed by atoms with E-state index in [-0.39, 0.29) is 6.42 Å². The zero-order chi connectivity index (χ0) is 11.4. The first-order valence-corrected chi connectivity index (χ1v) is 3.99. The summed E-state index contributed by atoms with van der Waals surface area (Å²) in [5.41, 5.74) is 0. The predicted molar refractivity (Wildman–Crippen MR) is 42.8 cm³/mol. The molecule has 0 aliphatic carbocycles. The molecule has 0 aromatic heterocycles. The Hall–Kier alpha value is -1.20. The molecule has 0 bridgehead atoms. The zero-order valence-electron chi connectivity index (χ0n) is 8.17. The fourth-order valence-corrected chi connectivity index (χ4v) is 0.882. The zero-order valence-corrected chi connectivity index (χ0v) is 8.17. The molecule has 0 aliphatic rings. The number of hydrogen-bond acceptors (Lipinski definition) is 4. The summed E-state index contributed by atoms with van der Waals surface area (Å²) in [7, 11) is 0.844. The molecular weight excluding hydrogens is 198 g/mol. The summed E-state index contributed by atoms with van der Waals surface area (Å²) in [5.74, 6) is -6.36. The SMILES string of the molecule is CCC(OC(C)=O)C(F)(F)C(=O)OC. The first kappa shape index (κ1) is 12.8. The van der Waals surface area contributed by atoms with E-state index in [2.05, 4.69) is 9.47 Å². The van der Waals surface area contributed by atoms with Gasteiger partial charge in [0.25, 0.3) is 0 Å². The van der Waals surface area contributed by atoms with Crippen LogP contribution in [-0.2, 0) is 19.1 Å². The van der Waals surface area contributed by atoms with Crippen molar-refractivity contribution in [1.29, 1.82) is 0 Å². The third-order valence-corrected chi connectivity index (χ3v) is 1.54. The third kappa shape index (κ3) is 2.93. The van der Waals surface area contributed by atoms with Crippen LogP contribution in [0.25, 0.3) is 0 Å². The second-order valence-electron chi connectivity index (χ2n) is 2.62. The quantitative estimate of drug-likeness (QED) is 0.653. The van der Waals surface area contributed by atoms with Crippen LogP contribution in [0, 0.1) is 0 Å². The van der Waals surface area contributed by atoms with E-state index in [1.165, 1.54) is 6.92 Å². The second kappa shape index (κ2) is 4.88. The number of carbonyl (C=O) groups excluding carboxylic acids is 2. The Morgan fingerprint density at radius 1 is 1.43 bits per heavy atom. The molecule has 0 aromatic rings. The van der Waals surface area contributed by atoms with Crippen LogP contribution in [0.5, 0.6) is 0 Å². The molecule has 0 N–H and O–H groups in total. The van der Waals surface area contributed by atoms with Crippen LogP contribution in [0.1, 0.15) is 20.3 Å². The van der Waals surface area contributed by atoms with Crippen molar-refractivity contribution in [2.75, 3.05) is 7.11 Å². The van der Waals surface area contributed by atoms with Crippen LogP contribution in [0.4, 0.5) is 8.78 Å². The first-order chi connectivity index (χ1) is 6.36. The smallest absolute Gasteiger partial charge is 0.380 e. The number of alkyl halides is 2. The van der Waals surface area contributed by atoms with Gasteiger partial charge in [-0.1, -0.05) is 6.92 Å². The average molecular weight is 210 g/mol. The Labute approximate surface area is 80.2 Å². The summed E-state index contributed by atoms with van der Waals surface area (Å²) in [6.45, 7) is 2.38. The van der Waals surface area contributed by atoms with E-state index in [1.54, 1.807) is 0 Å². The molecule has 0 saturated carbocycles. The lowest BCUT2D eigenvalue weighted by Crippen LogP contribution is -2.44. The normalized spacial score (nSPS) is 13.2. The van der Waals surface area contributed by atoms with Crippen LogP contribution in [0.2, 0.25) is 0 Å². The van der Waals surface area contributed by atoms with Gasteiger partial charge in [-0.3, -0.25) is 4.79 Å². The third-order valence-electron chi connectivity index (χ3n) is 1.54. The molecule has 4 nitrogen and oxygen atoms in total. The molecule has 0 heterocycles. The molecule has 1 atom stereocenters. The molecule has 0 rings (SSSR count). The standard InChI is InChI=1S/C8H12F2O4/c1-4-6(14-5(2)11)8(9,10)7(12)13-3/h6H,4H2,1-3H3. The van der Waals surface area contributed by atoms with Gasteiger partial charge in [0.05, 0.1) is 7.11 Å². The Balaban J connectivity index is 4.64. The highest BCUT2D eigenvalue weighted by Crippen LogP contribution is 2.25. The highest BCUT2D eigenvalue weighted by Gasteiger charge is 2.49. The van der Waals surface area contributed by atoms with E-state index in [9.17, 15) is 18.4 Å². The van der Waals surface area contributed by atoms with Crippen molar-refractivity contribution in [1.82, 2.24) is 0 Å². The Morgan fingerprint density at radius 2 is 1.93 bits per heavy atom. The maximum atomic E-state index is 13.1. The van der Waals surface area contributed by atoms with Crippen molar-refractivity contribution in [2.24, 2.45) is 0 Å². The average Bonchev–Trinajstić information content (AvgIpc) is 2.12. The molecule has 0 spiro atoms. The van der Waals surface area contributed by atoms with Gasteiger partial charge in [0.1, 0.15) is 0 Å². The number of rotatable bonds is 4. The molecule has 0 aromatic carbocycles. The molecular formula is C8H12F2O4. The Morgan fingerprint density at radius 3 is 2.21 bits per heavy atom. The monoisotopic (exact) mass is 210 g/mol. The Bertz CT molecular complexity index is 227. The van der Waals surface area contributed by atoms with E-state index in [4.69, 9.17) is 0 Å². The number of ether oxygens (including phenoxy) is 2. The molecule has 14 heavy (non-hydrogen) atoms. The van der Waals surface area contributed by atoms with E-state index in [0.29, 0.717) is 0 Å². The Kier molecular flexibility index (Phi) is 4.46. The summed E-state index contributed by atoms with van der Waals surface area (Å²) in [6, 6.07) is 0. The van der Waals surface area contributed by atoms with Crippen LogP contribution in [-0.4, -0.2) is 31.1 Å². The van der Waals surface area contributed by atoms with Crippen LogP contribution in [0.3, 0.4) is 0 Å². The first-order valence-electron chi connectivity index (χ1n) is 3.99. The summed E-state index contributed by atoms with van der Waals surface area (Å²) < 4.78 is 34.4. The topological polar surface area (TPSA) is 52.6 Å². The van der Waals surface area contributed by atoms with Crippen molar-refractivity contribution in [2.45, 2.75) is 32.3 Å². The minimum atomic E-state index is -3.80. The predicted octanol–water partition coefficient (Wildman–Crippen LogP) is 1.14. The molecule has 0 amide bonds. The van der Waals surface area contributed by atoms with Crippen molar-refractivity contribution in [3.8, 4) is 0 Å². The van der Waals surface area contributed by atoms with Crippen molar-refractivity contribution in [3.05, 3.63) is 0 Å². The molecule has 0 fully saturated rings. The summed E-state index contributed by atoms with van der Waals surface area (Å²) >= 11 is 0. The molecule has 0 saturated heterocycles. The van der Waals surface area contributed by atoms with Crippen molar-refractivity contribution < 1.29 is 27.8 Å². The van der Waals surface area contributed by atoms with E-state index in [0.717, 1.165) is 14.0 Å². The number of methoxy groups -OCH3 is 1. The molecule has 0 radical (unpaired) electrons. The summed E-state index contributed by atoms with van der Waals surface area (Å²) in [4.78, 5) is 21.1. The van der Waals surface area contributed by atoms with Gasteiger partial charge in [-0.25, -0.2) is 4.79 Å². The van der Waals surface area contributed by atoms with Crippen LogP contribution < -0.4 is 0 Å². The maximum Gasteiger partial charge on any atom is 0.380 e. The van der Waals surface area contributed by atoms with Gasteiger partial charge in [-0.15, -0.1) is 0 Å². The van der Waals surface area contributed by atoms with Crippen LogP contribution in [0.15, 0.2) is 0 Å². The van der Waals surface area contributed by atoms with Gasteiger partial charge in [0.15, 0.2) is 6.10 Å². The molecule has 0 aliphatic heterocycles. The lowest BCUT2D eigenvalue weighted by molar-refractivity contribution is -0.195. The highest BCUT2D eigenvalue weighted by atomic mass is 19.3. The van der Waals surface area contributed by atoms with Gasteiger partial charge in [-0.2, -0.15) is 8.78 Å². The number of carbonyl (C=O) groups is 2. The summed E-state index contributed by atoms with van der Waals surface area (Å²) in [6.07, 6.45) is -1.94. The second-order valence-corrected chi connectivity index (χ2v) is 2.62. The van der Waals surface area contributed by atoms with Gasteiger partial charge < -0.3 is 9.47 Å². The van der Waals surface area contributed by atoms with E-state index >= 15 is 0 Å². The van der Waals surface area contributed by atoms with E-state index < -0.39 is 24.0 Å². The van der Waals surface area contributed by atoms with Crippen molar-refractivity contribution in [3.63, 3.8) is 0 Å². The van der Waals surface area contributed by atoms with Gasteiger partial charge >= 0.3 is 17.9 Å². The van der Waals surface area contributed by atoms with Crippen LogP contribution >= 0.6 is 0 Å². The fraction of sp³-hybridized carbons (Fsp3) is 0.750. The minimum absolute atomic E-state index is 0.165. The molecule has 6 heteroatoms. The fourth-order valence-electron chi connectivity index (χ4n) is 0.882. The largest absolute Gasteiger partial charge is 0.464 e. The minimum Gasteiger partial charge on any atom is -0.464 e. The molecule has 82 valence electrons. The summed E-state index contributed by atoms with van der Waals surface area (Å²) in [5, 5.41) is 0. The lowest BCUT2D eigenvalue weighted by atomic mass is 10.1. The number of esters is 2. The number of hydrogen-bond donors (Lipinski definition) is 0. The van der Waals surface area contributed by atoms with Crippen molar-refractivity contribution >= 4 is 11.9 Å². The number of halogens is 2. The van der Waals surface area contributed by atoms with Gasteiger partial charge in [0, 0.05) is 6.92 Å². The van der Waals surface area contributed by atoms with Gasteiger partial charge in [-0.05, 0) is 6.42 Å². The van der Waals surface area contributed by atoms with Gasteiger partial charge in [0.2, 0.25) is 0 Å². The lowest BCUT2D eigenvalue weighted by Gasteiger charge is -2.22. The molecule has 1 unspecified atom stereocenters. The maximum absolute atomic E-state index is 13.1. The van der Waals surface area contributed by atoms with E-state index in [1.807, 2.05) is 0 Å².